The largest absolute Gasteiger partial charge is 0.468 e. The van der Waals surface area contributed by atoms with Crippen LogP contribution in [-0.2, 0) is 13.1 Å². The average Bonchev–Trinajstić information content (AvgIpc) is 2.71. The highest BCUT2D eigenvalue weighted by molar-refractivity contribution is 5.17. The van der Waals surface area contributed by atoms with Gasteiger partial charge in [-0.05, 0) is 27.1 Å². The van der Waals surface area contributed by atoms with E-state index in [1.54, 1.807) is 6.26 Å². The van der Waals surface area contributed by atoms with Gasteiger partial charge in [0.25, 0.3) is 0 Å². The number of hydrogen-bond acceptors (Lipinski definition) is 4. The third-order valence-electron chi connectivity index (χ3n) is 3.52. The van der Waals surface area contributed by atoms with E-state index in [2.05, 4.69) is 35.2 Å². The molecule has 4 heteroatoms. The first kappa shape index (κ1) is 12.6. The lowest BCUT2D eigenvalue weighted by molar-refractivity contribution is 0.0933. The third-order valence-corrected chi connectivity index (χ3v) is 3.52. The van der Waals surface area contributed by atoms with Crippen LogP contribution in [0.2, 0.25) is 0 Å². The maximum atomic E-state index is 5.50. The molecule has 0 amide bonds. The second kappa shape index (κ2) is 5.67. The van der Waals surface area contributed by atoms with Crippen molar-refractivity contribution < 1.29 is 4.42 Å². The Labute approximate surface area is 104 Å². The van der Waals surface area contributed by atoms with Crippen molar-refractivity contribution in [3.63, 3.8) is 0 Å². The Kier molecular flexibility index (Phi) is 4.20. The predicted octanol–water partition coefficient (Wildman–Crippen LogP) is 1.13. The summed E-state index contributed by atoms with van der Waals surface area (Å²) in [5, 5.41) is 3.15. The lowest BCUT2D eigenvalue weighted by Crippen LogP contribution is -2.49. The molecule has 0 spiro atoms. The van der Waals surface area contributed by atoms with Crippen LogP contribution in [-0.4, -0.2) is 49.6 Å². The molecule has 0 bridgehead atoms. The number of piperazine rings is 1. The minimum Gasteiger partial charge on any atom is -0.468 e. The molecule has 1 saturated heterocycles. The highest BCUT2D eigenvalue weighted by Gasteiger charge is 2.22. The second-order valence-electron chi connectivity index (χ2n) is 4.98. The molecule has 96 valence electrons. The summed E-state index contributed by atoms with van der Waals surface area (Å²) in [6, 6.07) is 2.71. The average molecular weight is 237 g/mol. The molecule has 1 aromatic rings. The van der Waals surface area contributed by atoms with Crippen LogP contribution in [0, 0.1) is 0 Å². The van der Waals surface area contributed by atoms with Crippen LogP contribution in [0.15, 0.2) is 16.7 Å². The topological polar surface area (TPSA) is 31.7 Å². The van der Waals surface area contributed by atoms with Crippen molar-refractivity contribution in [1.29, 1.82) is 0 Å². The van der Waals surface area contributed by atoms with Crippen LogP contribution in [0.5, 0.6) is 0 Å². The molecule has 2 rings (SSSR count). The fourth-order valence-electron chi connectivity index (χ4n) is 2.45. The summed E-state index contributed by atoms with van der Waals surface area (Å²) in [6.07, 6.45) is 1.79. The summed E-state index contributed by atoms with van der Waals surface area (Å²) in [7, 11) is 4.14. The Hall–Kier alpha value is -0.840. The molecule has 17 heavy (non-hydrogen) atoms. The van der Waals surface area contributed by atoms with Gasteiger partial charge in [0.05, 0.1) is 12.8 Å². The van der Waals surface area contributed by atoms with Crippen LogP contribution < -0.4 is 5.32 Å². The first-order valence-electron chi connectivity index (χ1n) is 6.33. The van der Waals surface area contributed by atoms with Gasteiger partial charge in [0.2, 0.25) is 0 Å². The maximum absolute atomic E-state index is 5.50. The molecule has 1 aliphatic rings. The van der Waals surface area contributed by atoms with Gasteiger partial charge in [-0.3, -0.25) is 4.90 Å². The van der Waals surface area contributed by atoms with Crippen molar-refractivity contribution in [2.45, 2.75) is 26.1 Å². The third kappa shape index (κ3) is 3.09. The van der Waals surface area contributed by atoms with E-state index in [9.17, 15) is 0 Å². The number of nitrogens with one attached hydrogen (secondary N) is 1. The predicted molar refractivity (Wildman–Crippen MR) is 68.8 cm³/mol. The van der Waals surface area contributed by atoms with Crippen LogP contribution in [0.1, 0.15) is 18.2 Å². The number of hydrogen-bond donors (Lipinski definition) is 1. The molecular weight excluding hydrogens is 214 g/mol. The van der Waals surface area contributed by atoms with Crippen molar-refractivity contribution in [3.8, 4) is 0 Å². The van der Waals surface area contributed by atoms with Crippen molar-refractivity contribution >= 4 is 0 Å². The Morgan fingerprint density at radius 3 is 3.00 bits per heavy atom. The summed E-state index contributed by atoms with van der Waals surface area (Å²) < 4.78 is 5.50. The molecule has 0 aromatic carbocycles. The van der Waals surface area contributed by atoms with Gasteiger partial charge in [-0.1, -0.05) is 0 Å². The summed E-state index contributed by atoms with van der Waals surface area (Å²) in [5.74, 6) is 1.07. The molecule has 1 unspecified atom stereocenters. The van der Waals surface area contributed by atoms with E-state index in [1.807, 2.05) is 7.05 Å². The quantitative estimate of drug-likeness (QED) is 0.851. The van der Waals surface area contributed by atoms with Gasteiger partial charge >= 0.3 is 0 Å². The molecule has 1 fully saturated rings. The molecule has 4 nitrogen and oxygen atoms in total. The second-order valence-corrected chi connectivity index (χ2v) is 4.98. The number of likely N-dealkylation sites (N-methyl/N-ethyl adjacent to an activating group) is 1. The molecule has 0 radical (unpaired) electrons. The summed E-state index contributed by atoms with van der Waals surface area (Å²) in [5.41, 5.74) is 1.32. The van der Waals surface area contributed by atoms with Gasteiger partial charge in [0, 0.05) is 37.8 Å². The van der Waals surface area contributed by atoms with E-state index in [0.29, 0.717) is 6.04 Å². The zero-order valence-electron chi connectivity index (χ0n) is 11.1. The first-order valence-corrected chi connectivity index (χ1v) is 6.33. The molecule has 1 aliphatic heterocycles. The number of furan rings is 1. The SMILES string of the molecule is CNCc1occc1CN1CCN(C)CC1C. The molecule has 0 aliphatic carbocycles. The number of rotatable bonds is 4. The van der Waals surface area contributed by atoms with Gasteiger partial charge in [0.15, 0.2) is 0 Å². The minimum absolute atomic E-state index is 0.617. The van der Waals surface area contributed by atoms with Gasteiger partial charge < -0.3 is 14.6 Å². The monoisotopic (exact) mass is 237 g/mol. The standard InChI is InChI=1S/C13H23N3O/c1-11-9-15(3)5-6-16(11)10-12-4-7-17-13(12)8-14-2/h4,7,11,14H,5-6,8-10H2,1-3H3. The lowest BCUT2D eigenvalue weighted by Gasteiger charge is -2.38. The van der Waals surface area contributed by atoms with Crippen LogP contribution in [0.25, 0.3) is 0 Å². The zero-order chi connectivity index (χ0) is 12.3. The van der Waals surface area contributed by atoms with E-state index >= 15 is 0 Å². The zero-order valence-corrected chi connectivity index (χ0v) is 11.1. The van der Waals surface area contributed by atoms with Crippen molar-refractivity contribution in [2.75, 3.05) is 33.7 Å². The van der Waals surface area contributed by atoms with Crippen molar-refractivity contribution in [1.82, 2.24) is 15.1 Å². The molecule has 0 saturated carbocycles. The first-order chi connectivity index (χ1) is 8.20. The fourth-order valence-corrected chi connectivity index (χ4v) is 2.45. The minimum atomic E-state index is 0.617. The highest BCUT2D eigenvalue weighted by atomic mass is 16.3. The smallest absolute Gasteiger partial charge is 0.122 e. The van der Waals surface area contributed by atoms with Gasteiger partial charge in [0.1, 0.15) is 5.76 Å². The van der Waals surface area contributed by atoms with Gasteiger partial charge in [-0.25, -0.2) is 0 Å². The summed E-state index contributed by atoms with van der Waals surface area (Å²) >= 11 is 0. The van der Waals surface area contributed by atoms with E-state index in [0.717, 1.165) is 38.5 Å². The Morgan fingerprint density at radius 1 is 1.47 bits per heavy atom. The van der Waals surface area contributed by atoms with Crippen LogP contribution in [0.3, 0.4) is 0 Å². The molecular formula is C13H23N3O. The maximum Gasteiger partial charge on any atom is 0.122 e. The fraction of sp³-hybridized carbons (Fsp3) is 0.692. The van der Waals surface area contributed by atoms with Crippen LogP contribution in [0.4, 0.5) is 0 Å². The summed E-state index contributed by atoms with van der Waals surface area (Å²) in [4.78, 5) is 4.93. The number of nitrogens with zero attached hydrogens (tertiary/aromatic N) is 2. The van der Waals surface area contributed by atoms with Gasteiger partial charge in [-0.2, -0.15) is 0 Å². The molecule has 2 heterocycles. The van der Waals surface area contributed by atoms with E-state index in [-0.39, 0.29) is 0 Å². The van der Waals surface area contributed by atoms with E-state index < -0.39 is 0 Å². The van der Waals surface area contributed by atoms with Crippen molar-refractivity contribution in [2.24, 2.45) is 0 Å². The Balaban J connectivity index is 1.97. The Bertz CT molecular complexity index is 350. The normalized spacial score (nSPS) is 23.1. The Morgan fingerprint density at radius 2 is 2.29 bits per heavy atom. The van der Waals surface area contributed by atoms with Gasteiger partial charge in [-0.15, -0.1) is 0 Å². The highest BCUT2D eigenvalue weighted by Crippen LogP contribution is 2.17. The summed E-state index contributed by atoms with van der Waals surface area (Å²) in [6.45, 7) is 7.56. The van der Waals surface area contributed by atoms with E-state index in [1.165, 1.54) is 5.56 Å². The van der Waals surface area contributed by atoms with Crippen molar-refractivity contribution in [3.05, 3.63) is 23.7 Å². The molecule has 1 atom stereocenters. The molecule has 1 N–H and O–H groups in total. The lowest BCUT2D eigenvalue weighted by atomic mass is 10.1. The van der Waals surface area contributed by atoms with Crippen LogP contribution >= 0.6 is 0 Å². The molecule has 1 aromatic heterocycles. The van der Waals surface area contributed by atoms with E-state index in [4.69, 9.17) is 4.42 Å².